The van der Waals surface area contributed by atoms with Gasteiger partial charge in [-0.05, 0) is 73.5 Å². The largest absolute Gasteiger partial charge is 0.399 e. The van der Waals surface area contributed by atoms with Crippen molar-refractivity contribution in [2.75, 3.05) is 34.4 Å². The van der Waals surface area contributed by atoms with E-state index in [0.717, 1.165) is 33.9 Å². The fourth-order valence-electron chi connectivity index (χ4n) is 1.94. The Labute approximate surface area is 154 Å². The van der Waals surface area contributed by atoms with Crippen LogP contribution in [-0.4, -0.2) is 0 Å². The number of anilines is 6. The molecule has 0 aromatic heterocycles. The maximum Gasteiger partial charge on any atom is 0.0394 e. The first-order valence-corrected chi connectivity index (χ1v) is 8.04. The summed E-state index contributed by atoms with van der Waals surface area (Å²) >= 11 is 0. The highest BCUT2D eigenvalue weighted by atomic mass is 14.6. The fraction of sp³-hybridized carbons (Fsp3) is 0.100. The van der Waals surface area contributed by atoms with Crippen LogP contribution in [0.5, 0.6) is 0 Å². The number of hydrogen-bond donors (Lipinski definition) is 6. The van der Waals surface area contributed by atoms with Gasteiger partial charge in [0.15, 0.2) is 0 Å². The summed E-state index contributed by atoms with van der Waals surface area (Å²) in [6.07, 6.45) is 0. The van der Waals surface area contributed by atoms with E-state index in [9.17, 15) is 0 Å². The number of benzene rings is 3. The molecule has 6 nitrogen and oxygen atoms in total. The van der Waals surface area contributed by atoms with Crippen LogP contribution in [0, 0.1) is 13.8 Å². The van der Waals surface area contributed by atoms with Gasteiger partial charge in [-0.1, -0.05) is 12.1 Å². The van der Waals surface area contributed by atoms with E-state index >= 15 is 0 Å². The van der Waals surface area contributed by atoms with Gasteiger partial charge in [0.05, 0.1) is 0 Å². The lowest BCUT2D eigenvalue weighted by Crippen LogP contribution is -1.97. The lowest BCUT2D eigenvalue weighted by Gasteiger charge is -2.05. The van der Waals surface area contributed by atoms with E-state index in [-0.39, 0.29) is 0 Å². The molecule has 0 atom stereocenters. The summed E-state index contributed by atoms with van der Waals surface area (Å²) in [4.78, 5) is 0. The minimum absolute atomic E-state index is 0.713. The molecule has 12 N–H and O–H groups in total. The number of aryl methyl sites for hydroxylation is 1. The predicted molar refractivity (Wildman–Crippen MR) is 115 cm³/mol. The van der Waals surface area contributed by atoms with Crippen molar-refractivity contribution in [1.82, 2.24) is 0 Å². The van der Waals surface area contributed by atoms with Gasteiger partial charge in [-0.15, -0.1) is 0 Å². The van der Waals surface area contributed by atoms with Gasteiger partial charge < -0.3 is 34.4 Å². The van der Waals surface area contributed by atoms with Gasteiger partial charge in [0, 0.05) is 34.1 Å². The van der Waals surface area contributed by atoms with Crippen LogP contribution in [0.2, 0.25) is 0 Å². The number of rotatable bonds is 0. The van der Waals surface area contributed by atoms with Crippen molar-refractivity contribution in [3.8, 4) is 0 Å². The Morgan fingerprint density at radius 1 is 0.538 bits per heavy atom. The summed E-state index contributed by atoms with van der Waals surface area (Å²) in [7, 11) is 0. The van der Waals surface area contributed by atoms with E-state index in [2.05, 4.69) is 0 Å². The van der Waals surface area contributed by atoms with Crippen molar-refractivity contribution in [3.05, 3.63) is 71.8 Å². The van der Waals surface area contributed by atoms with Gasteiger partial charge in [-0.2, -0.15) is 0 Å². The van der Waals surface area contributed by atoms with Gasteiger partial charge in [0.25, 0.3) is 0 Å². The first kappa shape index (κ1) is 20.5. The molecular weight excluding hydrogens is 324 g/mol. The van der Waals surface area contributed by atoms with Crippen LogP contribution in [-0.2, 0) is 0 Å². The molecular formula is C20H28N6. The molecule has 0 fully saturated rings. The Morgan fingerprint density at radius 3 is 1.35 bits per heavy atom. The van der Waals surface area contributed by atoms with Crippen molar-refractivity contribution in [3.63, 3.8) is 0 Å². The summed E-state index contributed by atoms with van der Waals surface area (Å²) in [5, 5.41) is 0. The molecule has 0 aliphatic heterocycles. The zero-order chi connectivity index (χ0) is 19.7. The van der Waals surface area contributed by atoms with Gasteiger partial charge in [0.2, 0.25) is 0 Å². The molecule has 26 heavy (non-hydrogen) atoms. The second-order valence-electron chi connectivity index (χ2n) is 5.85. The molecule has 0 aliphatic carbocycles. The highest BCUT2D eigenvalue weighted by molar-refractivity contribution is 5.64. The molecule has 0 saturated carbocycles. The van der Waals surface area contributed by atoms with Gasteiger partial charge in [-0.3, -0.25) is 0 Å². The zero-order valence-electron chi connectivity index (χ0n) is 15.2. The molecule has 0 unspecified atom stereocenters. The molecule has 0 saturated heterocycles. The third-order valence-electron chi connectivity index (χ3n) is 3.62. The average Bonchev–Trinajstić information content (AvgIpc) is 2.60. The van der Waals surface area contributed by atoms with E-state index in [1.807, 2.05) is 32.0 Å². The van der Waals surface area contributed by atoms with Crippen molar-refractivity contribution in [2.24, 2.45) is 0 Å². The molecule has 0 radical (unpaired) electrons. The monoisotopic (exact) mass is 352 g/mol. The van der Waals surface area contributed by atoms with Crippen molar-refractivity contribution < 1.29 is 0 Å². The summed E-state index contributed by atoms with van der Waals surface area (Å²) < 4.78 is 0. The molecule has 0 amide bonds. The van der Waals surface area contributed by atoms with E-state index in [1.54, 1.807) is 42.5 Å². The van der Waals surface area contributed by atoms with Crippen LogP contribution in [0.25, 0.3) is 0 Å². The Hall–Kier alpha value is -3.54. The van der Waals surface area contributed by atoms with Crippen LogP contribution < -0.4 is 34.4 Å². The molecule has 3 aromatic carbocycles. The molecule has 138 valence electrons. The zero-order valence-corrected chi connectivity index (χ0v) is 15.2. The molecule has 0 spiro atoms. The first-order chi connectivity index (χ1) is 12.2. The fourth-order valence-corrected chi connectivity index (χ4v) is 1.94. The maximum absolute atomic E-state index is 5.70. The number of nitrogen functional groups attached to an aromatic ring is 6. The number of hydrogen-bond acceptors (Lipinski definition) is 6. The van der Waals surface area contributed by atoms with E-state index in [0.29, 0.717) is 11.4 Å². The smallest absolute Gasteiger partial charge is 0.0394 e. The van der Waals surface area contributed by atoms with Crippen LogP contribution in [0.3, 0.4) is 0 Å². The van der Waals surface area contributed by atoms with Crippen LogP contribution >= 0.6 is 0 Å². The minimum Gasteiger partial charge on any atom is -0.399 e. The lowest BCUT2D eigenvalue weighted by atomic mass is 10.1. The summed E-state index contributed by atoms with van der Waals surface area (Å²) in [6.45, 7) is 3.90. The molecule has 0 heterocycles. The predicted octanol–water partition coefficient (Wildman–Crippen LogP) is 3.17. The molecule has 3 rings (SSSR count). The quantitative estimate of drug-likeness (QED) is 0.341. The van der Waals surface area contributed by atoms with Crippen LogP contribution in [0.4, 0.5) is 34.1 Å². The second kappa shape index (κ2) is 9.68. The van der Waals surface area contributed by atoms with Crippen LogP contribution in [0.1, 0.15) is 11.1 Å². The molecule has 6 heteroatoms. The van der Waals surface area contributed by atoms with Crippen LogP contribution in [0.15, 0.2) is 60.7 Å². The van der Waals surface area contributed by atoms with E-state index in [1.165, 1.54) is 0 Å². The normalized spacial score (nSPS) is 9.31. The number of nitrogens with two attached hydrogens (primary N) is 6. The SMILES string of the molecule is Cc1ccc(N)c(C)c1N.Nc1ccc(N)cc1.Nc1cccc(N)c1. The maximum atomic E-state index is 5.70. The topological polar surface area (TPSA) is 156 Å². The third kappa shape index (κ3) is 6.92. The van der Waals surface area contributed by atoms with Crippen molar-refractivity contribution in [2.45, 2.75) is 13.8 Å². The minimum atomic E-state index is 0.713. The van der Waals surface area contributed by atoms with Gasteiger partial charge in [0.1, 0.15) is 0 Å². The lowest BCUT2D eigenvalue weighted by molar-refractivity contribution is 1.39. The van der Waals surface area contributed by atoms with E-state index in [4.69, 9.17) is 34.4 Å². The Bertz CT molecular complexity index is 763. The first-order valence-electron chi connectivity index (χ1n) is 8.04. The Morgan fingerprint density at radius 2 is 1.00 bits per heavy atom. The third-order valence-corrected chi connectivity index (χ3v) is 3.62. The molecule has 0 bridgehead atoms. The standard InChI is InChI=1S/C8H12N2.2C6H8N2/c1-5-3-4-7(9)6(2)8(5)10;7-5-1-2-6(8)4-3-5;7-5-2-1-3-6(8)4-5/h3-4H,9-10H2,1-2H3;2*1-4H,7-8H2. The highest BCUT2D eigenvalue weighted by Crippen LogP contribution is 2.21. The van der Waals surface area contributed by atoms with Gasteiger partial charge in [-0.25, -0.2) is 0 Å². The van der Waals surface area contributed by atoms with Gasteiger partial charge >= 0.3 is 0 Å². The molecule has 3 aromatic rings. The summed E-state index contributed by atoms with van der Waals surface area (Å²) in [6, 6.07) is 18.0. The average molecular weight is 352 g/mol. The summed E-state index contributed by atoms with van der Waals surface area (Å²) in [5.41, 5.74) is 39.4. The van der Waals surface area contributed by atoms with E-state index < -0.39 is 0 Å². The van der Waals surface area contributed by atoms with Crippen molar-refractivity contribution in [1.29, 1.82) is 0 Å². The Balaban J connectivity index is 0.000000197. The van der Waals surface area contributed by atoms with Crippen molar-refractivity contribution >= 4 is 34.1 Å². The second-order valence-corrected chi connectivity index (χ2v) is 5.85. The Kier molecular flexibility index (Phi) is 7.64. The summed E-state index contributed by atoms with van der Waals surface area (Å²) in [5.74, 6) is 0. The highest BCUT2D eigenvalue weighted by Gasteiger charge is 1.99. The molecule has 0 aliphatic rings.